The lowest BCUT2D eigenvalue weighted by atomic mass is 9.88. The number of nitrogens with zero attached hydrogens (tertiary/aromatic N) is 2. The molecule has 3 aromatic rings. The van der Waals surface area contributed by atoms with Crippen LogP contribution in [-0.2, 0) is 24.1 Å². The van der Waals surface area contributed by atoms with Gasteiger partial charge in [0.2, 0.25) is 5.91 Å². The highest BCUT2D eigenvalue weighted by Crippen LogP contribution is 2.39. The lowest BCUT2D eigenvalue weighted by Crippen LogP contribution is -2.20. The molecule has 0 aromatic carbocycles. The van der Waals surface area contributed by atoms with Crippen molar-refractivity contribution in [1.29, 1.82) is 0 Å². The number of imidazole rings is 1. The van der Waals surface area contributed by atoms with Gasteiger partial charge in [-0.15, -0.1) is 11.3 Å². The quantitative estimate of drug-likeness (QED) is 0.726. The van der Waals surface area contributed by atoms with Crippen LogP contribution >= 0.6 is 11.3 Å². The fourth-order valence-corrected chi connectivity index (χ4v) is 5.09. The highest BCUT2D eigenvalue weighted by molar-refractivity contribution is 7.17. The number of carbonyl (C=O) groups excluding carboxylic acids is 2. The molecule has 0 fully saturated rings. The van der Waals surface area contributed by atoms with E-state index in [4.69, 9.17) is 5.73 Å². The van der Waals surface area contributed by atoms with Crippen LogP contribution in [0.15, 0.2) is 24.5 Å². The molecular formula is C20H22N4O2S. The van der Waals surface area contributed by atoms with Gasteiger partial charge in [0.05, 0.1) is 17.7 Å². The van der Waals surface area contributed by atoms with Crippen molar-refractivity contribution >= 4 is 33.8 Å². The molecule has 0 saturated heterocycles. The molecule has 4 rings (SSSR count). The van der Waals surface area contributed by atoms with Crippen LogP contribution in [0, 0.1) is 12.8 Å². The number of nitrogens with two attached hydrogens (primary N) is 1. The van der Waals surface area contributed by atoms with Crippen molar-refractivity contribution in [2.24, 2.45) is 11.7 Å². The van der Waals surface area contributed by atoms with Gasteiger partial charge in [-0.25, -0.2) is 4.98 Å². The third-order valence-electron chi connectivity index (χ3n) is 5.02. The number of aromatic nitrogens is 2. The van der Waals surface area contributed by atoms with E-state index in [1.807, 2.05) is 35.9 Å². The Morgan fingerprint density at radius 3 is 3.04 bits per heavy atom. The van der Waals surface area contributed by atoms with Crippen molar-refractivity contribution < 1.29 is 9.59 Å². The first kappa shape index (κ1) is 17.7. The molecular weight excluding hydrogens is 360 g/mol. The van der Waals surface area contributed by atoms with E-state index in [1.54, 1.807) is 0 Å². The van der Waals surface area contributed by atoms with Crippen LogP contribution < -0.4 is 11.1 Å². The van der Waals surface area contributed by atoms with Crippen LogP contribution in [0.1, 0.15) is 45.4 Å². The zero-order valence-electron chi connectivity index (χ0n) is 15.4. The normalized spacial score (nSPS) is 16.3. The van der Waals surface area contributed by atoms with Crippen LogP contribution in [0.4, 0.5) is 5.00 Å². The summed E-state index contributed by atoms with van der Waals surface area (Å²) in [6.07, 6.45) is 6.74. The molecule has 1 atom stereocenters. The number of primary amides is 1. The lowest BCUT2D eigenvalue weighted by Gasteiger charge is -2.18. The number of rotatable bonds is 4. The number of anilines is 1. The summed E-state index contributed by atoms with van der Waals surface area (Å²) in [6, 6.07) is 3.97. The summed E-state index contributed by atoms with van der Waals surface area (Å²) in [7, 11) is 0. The first-order chi connectivity index (χ1) is 12.9. The Morgan fingerprint density at radius 2 is 2.26 bits per heavy atom. The van der Waals surface area contributed by atoms with Gasteiger partial charge in [-0.1, -0.05) is 6.92 Å². The molecule has 140 valence electrons. The van der Waals surface area contributed by atoms with E-state index in [0.29, 0.717) is 22.2 Å². The molecule has 0 radical (unpaired) electrons. The van der Waals surface area contributed by atoms with E-state index in [0.717, 1.165) is 36.0 Å². The third-order valence-corrected chi connectivity index (χ3v) is 6.19. The van der Waals surface area contributed by atoms with Crippen molar-refractivity contribution in [1.82, 2.24) is 9.38 Å². The number of fused-ring (bicyclic) bond motifs is 2. The molecule has 0 spiro atoms. The molecule has 3 aromatic heterocycles. The van der Waals surface area contributed by atoms with Gasteiger partial charge in [-0.05, 0) is 55.4 Å². The number of amides is 2. The number of thiophene rings is 1. The van der Waals surface area contributed by atoms with Crippen LogP contribution in [0.3, 0.4) is 0 Å². The highest BCUT2D eigenvalue weighted by Gasteiger charge is 2.27. The molecule has 1 aliphatic carbocycles. The molecule has 1 aliphatic rings. The molecule has 0 aliphatic heterocycles. The molecule has 1 unspecified atom stereocenters. The Hall–Kier alpha value is -2.67. The van der Waals surface area contributed by atoms with Crippen LogP contribution in [0.25, 0.3) is 5.65 Å². The maximum absolute atomic E-state index is 12.6. The summed E-state index contributed by atoms with van der Waals surface area (Å²) in [4.78, 5) is 30.2. The van der Waals surface area contributed by atoms with E-state index in [9.17, 15) is 9.59 Å². The summed E-state index contributed by atoms with van der Waals surface area (Å²) in [5.74, 6) is -0.0771. The largest absolute Gasteiger partial charge is 0.365 e. The number of pyridine rings is 1. The minimum absolute atomic E-state index is 0.151. The lowest BCUT2D eigenvalue weighted by molar-refractivity contribution is -0.115. The first-order valence-electron chi connectivity index (χ1n) is 9.09. The Kier molecular flexibility index (Phi) is 4.47. The average Bonchev–Trinajstić information content (AvgIpc) is 3.13. The summed E-state index contributed by atoms with van der Waals surface area (Å²) < 4.78 is 1.90. The van der Waals surface area contributed by atoms with Crippen molar-refractivity contribution in [2.75, 3.05) is 5.32 Å². The summed E-state index contributed by atoms with van der Waals surface area (Å²) >= 11 is 1.48. The maximum atomic E-state index is 12.6. The second-order valence-electron chi connectivity index (χ2n) is 7.35. The number of hydrogen-bond donors (Lipinski definition) is 2. The predicted octanol–water partition coefficient (Wildman–Crippen LogP) is 3.11. The van der Waals surface area contributed by atoms with Gasteiger partial charge in [0.15, 0.2) is 0 Å². The standard InChI is InChI=1S/C20H22N4O2S/c1-11-3-4-14-15(7-11)27-20(18(14)19(21)26)23-17(25)9-13-10-24-6-5-12(2)8-16(24)22-13/h5-6,8,10-11H,3-4,7,9H2,1-2H3,(H2,21,26)(H,23,25). The van der Waals surface area contributed by atoms with Gasteiger partial charge in [-0.2, -0.15) is 0 Å². The summed E-state index contributed by atoms with van der Waals surface area (Å²) in [5.41, 5.74) is 9.74. The van der Waals surface area contributed by atoms with Gasteiger partial charge in [0.1, 0.15) is 10.6 Å². The van der Waals surface area contributed by atoms with Crippen LogP contribution in [0.2, 0.25) is 0 Å². The highest BCUT2D eigenvalue weighted by atomic mass is 32.1. The fraction of sp³-hybridized carbons (Fsp3) is 0.350. The molecule has 0 saturated carbocycles. The van der Waals surface area contributed by atoms with Gasteiger partial charge in [0, 0.05) is 17.3 Å². The van der Waals surface area contributed by atoms with Crippen molar-refractivity contribution in [2.45, 2.75) is 39.5 Å². The monoisotopic (exact) mass is 382 g/mol. The Morgan fingerprint density at radius 1 is 1.44 bits per heavy atom. The first-order valence-corrected chi connectivity index (χ1v) is 9.90. The van der Waals surface area contributed by atoms with E-state index < -0.39 is 5.91 Å². The Bertz CT molecular complexity index is 1050. The number of nitrogens with one attached hydrogen (secondary N) is 1. The fourth-order valence-electron chi connectivity index (χ4n) is 3.66. The van der Waals surface area contributed by atoms with Crippen LogP contribution in [-0.4, -0.2) is 21.2 Å². The maximum Gasteiger partial charge on any atom is 0.251 e. The van der Waals surface area contributed by atoms with E-state index in [1.165, 1.54) is 16.2 Å². The van der Waals surface area contributed by atoms with Crippen molar-refractivity contribution in [3.8, 4) is 0 Å². The van der Waals surface area contributed by atoms with Crippen LogP contribution in [0.5, 0.6) is 0 Å². The van der Waals surface area contributed by atoms with Gasteiger partial charge < -0.3 is 15.5 Å². The molecule has 27 heavy (non-hydrogen) atoms. The van der Waals surface area contributed by atoms with E-state index in [-0.39, 0.29) is 12.3 Å². The number of carbonyl (C=O) groups is 2. The average molecular weight is 382 g/mol. The molecule has 0 bridgehead atoms. The zero-order valence-corrected chi connectivity index (χ0v) is 16.2. The Labute approximate surface area is 161 Å². The summed E-state index contributed by atoms with van der Waals surface area (Å²) in [5, 5.41) is 3.47. The molecule has 3 heterocycles. The minimum atomic E-state index is -0.472. The zero-order chi connectivity index (χ0) is 19.1. The van der Waals surface area contributed by atoms with E-state index >= 15 is 0 Å². The van der Waals surface area contributed by atoms with Gasteiger partial charge >= 0.3 is 0 Å². The smallest absolute Gasteiger partial charge is 0.251 e. The SMILES string of the molecule is Cc1ccn2cc(CC(=O)Nc3sc4c(c3C(N)=O)CCC(C)C4)nc2c1. The third kappa shape index (κ3) is 3.47. The molecule has 6 nitrogen and oxygen atoms in total. The topological polar surface area (TPSA) is 89.5 Å². The van der Waals surface area contributed by atoms with Crippen molar-refractivity contribution in [3.63, 3.8) is 0 Å². The van der Waals surface area contributed by atoms with Gasteiger partial charge in [0.25, 0.3) is 5.91 Å². The van der Waals surface area contributed by atoms with E-state index in [2.05, 4.69) is 17.2 Å². The number of aryl methyl sites for hydroxylation is 1. The summed E-state index contributed by atoms with van der Waals surface area (Å²) in [6.45, 7) is 4.21. The second-order valence-corrected chi connectivity index (χ2v) is 8.45. The number of hydrogen-bond acceptors (Lipinski definition) is 4. The molecule has 7 heteroatoms. The van der Waals surface area contributed by atoms with Crippen molar-refractivity contribution in [3.05, 3.63) is 51.8 Å². The minimum Gasteiger partial charge on any atom is -0.365 e. The second kappa shape index (κ2) is 6.81. The molecule has 2 amide bonds. The molecule has 3 N–H and O–H groups in total. The van der Waals surface area contributed by atoms with Gasteiger partial charge in [-0.3, -0.25) is 9.59 Å². The predicted molar refractivity (Wildman–Crippen MR) is 106 cm³/mol. The Balaban J connectivity index is 1.56.